The third-order valence-corrected chi connectivity index (χ3v) is 4.24. The van der Waals surface area contributed by atoms with Gasteiger partial charge >= 0.3 is 0 Å². The minimum atomic E-state index is -0.399. The van der Waals surface area contributed by atoms with E-state index in [0.29, 0.717) is 11.6 Å². The summed E-state index contributed by atoms with van der Waals surface area (Å²) in [5.41, 5.74) is 9.48. The summed E-state index contributed by atoms with van der Waals surface area (Å²) in [5.74, 6) is 0.941. The maximum absolute atomic E-state index is 11.5. The molecule has 4 nitrogen and oxygen atoms in total. The van der Waals surface area contributed by atoms with Crippen LogP contribution in [0.4, 0.5) is 0 Å². The minimum Gasteiger partial charge on any atom is -0.364 e. The van der Waals surface area contributed by atoms with E-state index in [1.807, 2.05) is 22.9 Å². The average Bonchev–Trinajstić information content (AvgIpc) is 2.92. The Bertz CT molecular complexity index is 660. The monoisotopic (exact) mass is 253 g/mol. The Morgan fingerprint density at radius 2 is 2.16 bits per heavy atom. The summed E-state index contributed by atoms with van der Waals surface area (Å²) in [7, 11) is 0. The summed E-state index contributed by atoms with van der Waals surface area (Å²) in [6.45, 7) is 0.722. The molecule has 0 radical (unpaired) electrons. The lowest BCUT2D eigenvalue weighted by molar-refractivity contribution is 0.0994. The lowest BCUT2D eigenvalue weighted by atomic mass is 10.1. The smallest absolute Gasteiger partial charge is 0.269 e. The Morgan fingerprint density at radius 1 is 1.37 bits per heavy atom. The summed E-state index contributed by atoms with van der Waals surface area (Å²) in [6.07, 6.45) is 2.22. The highest BCUT2D eigenvalue weighted by Gasteiger charge is 2.49. The lowest BCUT2D eigenvalue weighted by Gasteiger charge is -2.06. The number of aromatic nitrogens is 2. The van der Waals surface area contributed by atoms with E-state index in [1.165, 1.54) is 17.7 Å². The van der Waals surface area contributed by atoms with Crippen LogP contribution in [0.15, 0.2) is 30.3 Å². The summed E-state index contributed by atoms with van der Waals surface area (Å²) >= 11 is 0. The number of amides is 1. The number of hydrogen-bond donors (Lipinski definition) is 1. The maximum Gasteiger partial charge on any atom is 0.269 e. The molecule has 19 heavy (non-hydrogen) atoms. The van der Waals surface area contributed by atoms with Crippen LogP contribution in [0.5, 0.6) is 0 Å². The first-order chi connectivity index (χ1) is 9.24. The summed E-state index contributed by atoms with van der Waals surface area (Å²) in [4.78, 5) is 11.5. The van der Waals surface area contributed by atoms with Crippen LogP contribution < -0.4 is 5.73 Å². The molecule has 2 N–H and O–H groups in total. The number of nitrogens with zero attached hydrogens (tertiary/aromatic N) is 2. The molecule has 0 bridgehead atoms. The number of primary amides is 1. The molecule has 2 aliphatic rings. The number of carbonyl (C=O) groups is 1. The number of fused-ring (bicyclic) bond motifs is 3. The highest BCUT2D eigenvalue weighted by molar-refractivity contribution is 5.93. The second kappa shape index (κ2) is 3.70. The Balaban J connectivity index is 1.76. The van der Waals surface area contributed by atoms with Crippen molar-refractivity contribution in [2.75, 3.05) is 0 Å². The van der Waals surface area contributed by atoms with E-state index in [-0.39, 0.29) is 0 Å². The molecule has 1 unspecified atom stereocenters. The zero-order chi connectivity index (χ0) is 13.0. The van der Waals surface area contributed by atoms with Gasteiger partial charge in [-0.1, -0.05) is 30.3 Å². The van der Waals surface area contributed by atoms with Gasteiger partial charge in [-0.15, -0.1) is 0 Å². The van der Waals surface area contributed by atoms with Crippen molar-refractivity contribution >= 4 is 5.91 Å². The van der Waals surface area contributed by atoms with Gasteiger partial charge in [-0.2, -0.15) is 5.10 Å². The first kappa shape index (κ1) is 10.8. The molecule has 1 aromatic heterocycles. The normalized spacial score (nSPS) is 22.9. The van der Waals surface area contributed by atoms with Crippen molar-refractivity contribution in [3.8, 4) is 0 Å². The van der Waals surface area contributed by atoms with Gasteiger partial charge < -0.3 is 5.73 Å². The van der Waals surface area contributed by atoms with Crippen molar-refractivity contribution in [1.82, 2.24) is 9.78 Å². The van der Waals surface area contributed by atoms with E-state index < -0.39 is 5.91 Å². The van der Waals surface area contributed by atoms with Crippen LogP contribution in [0.1, 0.15) is 39.6 Å². The highest BCUT2D eigenvalue weighted by atomic mass is 16.1. The SMILES string of the molecule is NC(=O)c1nn(Cc2ccccc2)c2c1CC1C[C@H]21. The van der Waals surface area contributed by atoms with Crippen LogP contribution in [-0.4, -0.2) is 15.7 Å². The van der Waals surface area contributed by atoms with Gasteiger partial charge in [0.2, 0.25) is 0 Å². The zero-order valence-electron chi connectivity index (χ0n) is 10.5. The Morgan fingerprint density at radius 3 is 2.89 bits per heavy atom. The fraction of sp³-hybridized carbons (Fsp3) is 0.333. The number of rotatable bonds is 3. The molecule has 4 rings (SSSR count). The molecule has 2 aromatic rings. The van der Waals surface area contributed by atoms with E-state index in [4.69, 9.17) is 5.73 Å². The average molecular weight is 253 g/mol. The van der Waals surface area contributed by atoms with Crippen molar-refractivity contribution in [3.05, 3.63) is 52.8 Å². The summed E-state index contributed by atoms with van der Waals surface area (Å²) in [5, 5.41) is 4.45. The van der Waals surface area contributed by atoms with Gasteiger partial charge in [0.1, 0.15) is 0 Å². The van der Waals surface area contributed by atoms with Crippen LogP contribution >= 0.6 is 0 Å². The standard InChI is InChI=1S/C15H15N3O/c16-15(19)13-12-7-10-6-11(10)14(12)18(17-13)8-9-4-2-1-3-5-9/h1-5,10-11H,6-8H2,(H2,16,19)/t10?,11-/m0/s1. The van der Waals surface area contributed by atoms with E-state index in [1.54, 1.807) is 0 Å². The van der Waals surface area contributed by atoms with Gasteiger partial charge in [0, 0.05) is 17.2 Å². The predicted molar refractivity (Wildman–Crippen MR) is 70.8 cm³/mol. The molecular formula is C15H15N3O. The molecule has 1 amide bonds. The third kappa shape index (κ3) is 1.59. The van der Waals surface area contributed by atoms with Crippen LogP contribution in [0, 0.1) is 5.92 Å². The van der Waals surface area contributed by atoms with Crippen molar-refractivity contribution < 1.29 is 4.79 Å². The Kier molecular flexibility index (Phi) is 2.10. The number of benzene rings is 1. The molecule has 1 saturated carbocycles. The van der Waals surface area contributed by atoms with Crippen molar-refractivity contribution in [2.24, 2.45) is 11.7 Å². The molecule has 96 valence electrons. The first-order valence-electron chi connectivity index (χ1n) is 6.67. The quantitative estimate of drug-likeness (QED) is 0.904. The van der Waals surface area contributed by atoms with E-state index in [0.717, 1.165) is 24.4 Å². The second-order valence-electron chi connectivity index (χ2n) is 5.53. The van der Waals surface area contributed by atoms with Crippen LogP contribution in [0.25, 0.3) is 0 Å². The molecule has 0 saturated heterocycles. The van der Waals surface area contributed by atoms with Gasteiger partial charge in [0.25, 0.3) is 5.91 Å². The van der Waals surface area contributed by atoms with Gasteiger partial charge in [-0.3, -0.25) is 9.48 Å². The zero-order valence-corrected chi connectivity index (χ0v) is 10.5. The fourth-order valence-corrected chi connectivity index (χ4v) is 3.27. The Labute approximate surface area is 111 Å². The molecule has 2 atom stereocenters. The van der Waals surface area contributed by atoms with Crippen LogP contribution in [0.3, 0.4) is 0 Å². The minimum absolute atomic E-state index is 0.399. The fourth-order valence-electron chi connectivity index (χ4n) is 3.27. The molecule has 0 spiro atoms. The molecule has 0 aliphatic heterocycles. The van der Waals surface area contributed by atoms with Gasteiger partial charge in [0.05, 0.1) is 6.54 Å². The van der Waals surface area contributed by atoms with Gasteiger partial charge in [-0.05, 0) is 24.3 Å². The maximum atomic E-state index is 11.5. The molecule has 1 aromatic carbocycles. The largest absolute Gasteiger partial charge is 0.364 e. The highest BCUT2D eigenvalue weighted by Crippen LogP contribution is 2.56. The van der Waals surface area contributed by atoms with Gasteiger partial charge in [0.15, 0.2) is 5.69 Å². The molecule has 2 aliphatic carbocycles. The summed E-state index contributed by atoms with van der Waals surface area (Å²) in [6, 6.07) is 10.2. The summed E-state index contributed by atoms with van der Waals surface area (Å²) < 4.78 is 1.99. The van der Waals surface area contributed by atoms with E-state index in [2.05, 4.69) is 17.2 Å². The van der Waals surface area contributed by atoms with E-state index in [9.17, 15) is 4.79 Å². The predicted octanol–water partition coefficient (Wildman–Crippen LogP) is 1.69. The van der Waals surface area contributed by atoms with Crippen molar-refractivity contribution in [3.63, 3.8) is 0 Å². The molecular weight excluding hydrogens is 238 g/mol. The number of carbonyl (C=O) groups excluding carboxylic acids is 1. The molecule has 4 heteroatoms. The van der Waals surface area contributed by atoms with E-state index >= 15 is 0 Å². The topological polar surface area (TPSA) is 60.9 Å². The third-order valence-electron chi connectivity index (χ3n) is 4.24. The molecule has 1 heterocycles. The van der Waals surface area contributed by atoms with Crippen molar-refractivity contribution in [1.29, 1.82) is 0 Å². The second-order valence-corrected chi connectivity index (χ2v) is 5.53. The lowest BCUT2D eigenvalue weighted by Crippen LogP contribution is -2.14. The molecule has 1 fully saturated rings. The number of hydrogen-bond acceptors (Lipinski definition) is 2. The first-order valence-corrected chi connectivity index (χ1v) is 6.67. The Hall–Kier alpha value is -2.10. The number of nitrogens with two attached hydrogens (primary N) is 1. The van der Waals surface area contributed by atoms with Crippen LogP contribution in [-0.2, 0) is 13.0 Å². The van der Waals surface area contributed by atoms with Gasteiger partial charge in [-0.25, -0.2) is 0 Å². The van der Waals surface area contributed by atoms with Crippen molar-refractivity contribution in [2.45, 2.75) is 25.3 Å². The van der Waals surface area contributed by atoms with Crippen LogP contribution in [0.2, 0.25) is 0 Å².